The lowest BCUT2D eigenvalue weighted by Crippen LogP contribution is -2.30. The summed E-state index contributed by atoms with van der Waals surface area (Å²) in [6.45, 7) is 1.55. The molecular formula is C23H20N4O5S. The number of nitrogens with one attached hydrogen (secondary N) is 1. The minimum atomic E-state index is -0.478. The van der Waals surface area contributed by atoms with Crippen molar-refractivity contribution < 1.29 is 18.6 Å². The van der Waals surface area contributed by atoms with E-state index in [4.69, 9.17) is 8.83 Å². The van der Waals surface area contributed by atoms with Gasteiger partial charge in [0.2, 0.25) is 0 Å². The third-order valence-corrected chi connectivity index (χ3v) is 6.46. The predicted molar refractivity (Wildman–Crippen MR) is 125 cm³/mol. The summed E-state index contributed by atoms with van der Waals surface area (Å²) in [6, 6.07) is 11.7. The van der Waals surface area contributed by atoms with Gasteiger partial charge in [-0.2, -0.15) is 0 Å². The van der Waals surface area contributed by atoms with Crippen LogP contribution in [0, 0.1) is 10.1 Å². The van der Waals surface area contributed by atoms with Crippen LogP contribution < -0.4 is 10.2 Å². The lowest BCUT2D eigenvalue weighted by atomic mass is 10.1. The van der Waals surface area contributed by atoms with E-state index in [9.17, 15) is 14.9 Å². The van der Waals surface area contributed by atoms with Gasteiger partial charge in [-0.15, -0.1) is 0 Å². The average molecular weight is 465 g/mol. The monoisotopic (exact) mass is 464 g/mol. The molecule has 10 heteroatoms. The van der Waals surface area contributed by atoms with Gasteiger partial charge in [0.1, 0.15) is 22.0 Å². The molecule has 3 aromatic heterocycles. The van der Waals surface area contributed by atoms with Crippen molar-refractivity contribution in [3.05, 3.63) is 70.7 Å². The maximum absolute atomic E-state index is 12.9. The van der Waals surface area contributed by atoms with Gasteiger partial charge in [0, 0.05) is 24.7 Å². The van der Waals surface area contributed by atoms with Crippen LogP contribution in [0.1, 0.15) is 29.6 Å². The molecule has 1 aliphatic heterocycles. The molecule has 4 aromatic rings. The Labute approximate surface area is 192 Å². The minimum absolute atomic E-state index is 0.0729. The highest BCUT2D eigenvalue weighted by atomic mass is 32.1. The molecule has 0 saturated carbocycles. The van der Waals surface area contributed by atoms with Crippen molar-refractivity contribution in [2.24, 2.45) is 0 Å². The van der Waals surface area contributed by atoms with E-state index in [0.717, 1.165) is 32.4 Å². The van der Waals surface area contributed by atoms with E-state index in [1.807, 2.05) is 4.90 Å². The third-order valence-electron chi connectivity index (χ3n) is 5.48. The number of aromatic nitrogens is 1. The Bertz CT molecular complexity index is 1220. The molecule has 1 aromatic carbocycles. The maximum atomic E-state index is 12.9. The number of hydrogen-bond acceptors (Lipinski definition) is 8. The molecule has 0 bridgehead atoms. The zero-order valence-corrected chi connectivity index (χ0v) is 18.3. The van der Waals surface area contributed by atoms with Crippen LogP contribution >= 0.6 is 11.3 Å². The van der Waals surface area contributed by atoms with Crippen molar-refractivity contribution in [2.45, 2.75) is 19.3 Å². The van der Waals surface area contributed by atoms with Gasteiger partial charge in [0.25, 0.3) is 11.6 Å². The van der Waals surface area contributed by atoms with Crippen LogP contribution in [0.4, 0.5) is 16.5 Å². The van der Waals surface area contributed by atoms with Gasteiger partial charge < -0.3 is 13.7 Å². The SMILES string of the molecule is O=C(Nc1nc(-c2ccco2)c(-c2ccco2)s1)c1ccc(N2CCCCC2)c([N+](=O)[O-])c1. The highest BCUT2D eigenvalue weighted by molar-refractivity contribution is 7.19. The molecule has 4 heterocycles. The molecule has 0 atom stereocenters. The molecule has 1 amide bonds. The summed E-state index contributed by atoms with van der Waals surface area (Å²) in [5.41, 5.74) is 1.21. The van der Waals surface area contributed by atoms with E-state index in [2.05, 4.69) is 10.3 Å². The van der Waals surface area contributed by atoms with Gasteiger partial charge in [-0.3, -0.25) is 20.2 Å². The highest BCUT2D eigenvalue weighted by Crippen LogP contribution is 2.39. The summed E-state index contributed by atoms with van der Waals surface area (Å²) >= 11 is 1.24. The number of hydrogen-bond donors (Lipinski definition) is 1. The van der Waals surface area contributed by atoms with E-state index in [0.29, 0.717) is 32.9 Å². The molecule has 5 rings (SSSR count). The molecule has 1 N–H and O–H groups in total. The second-order valence-corrected chi connectivity index (χ2v) is 8.61. The van der Waals surface area contributed by atoms with E-state index in [1.54, 1.807) is 48.9 Å². The summed E-state index contributed by atoms with van der Waals surface area (Å²) in [6.07, 6.45) is 6.22. The number of thiazole rings is 1. The number of amides is 1. The molecule has 0 unspecified atom stereocenters. The van der Waals surface area contributed by atoms with Crippen LogP contribution in [0.25, 0.3) is 22.1 Å². The molecule has 0 spiro atoms. The van der Waals surface area contributed by atoms with Gasteiger partial charge in [0.15, 0.2) is 10.9 Å². The van der Waals surface area contributed by atoms with Gasteiger partial charge in [-0.1, -0.05) is 11.3 Å². The Morgan fingerprint density at radius 1 is 1.06 bits per heavy atom. The fourth-order valence-electron chi connectivity index (χ4n) is 3.91. The van der Waals surface area contributed by atoms with Crippen molar-refractivity contribution in [3.63, 3.8) is 0 Å². The first-order valence-electron chi connectivity index (χ1n) is 10.5. The van der Waals surface area contributed by atoms with Crippen LogP contribution in [0.15, 0.2) is 63.8 Å². The van der Waals surface area contributed by atoms with Crippen molar-refractivity contribution in [2.75, 3.05) is 23.3 Å². The molecule has 33 heavy (non-hydrogen) atoms. The molecule has 1 saturated heterocycles. The summed E-state index contributed by atoms with van der Waals surface area (Å²) in [5, 5.41) is 14.8. The van der Waals surface area contributed by atoms with Gasteiger partial charge in [-0.05, 0) is 55.7 Å². The number of carbonyl (C=O) groups is 1. The zero-order valence-electron chi connectivity index (χ0n) is 17.5. The van der Waals surface area contributed by atoms with Crippen LogP contribution in [0.3, 0.4) is 0 Å². The lowest BCUT2D eigenvalue weighted by molar-refractivity contribution is -0.384. The number of nitro groups is 1. The first kappa shape index (κ1) is 21.0. The van der Waals surface area contributed by atoms with Gasteiger partial charge in [-0.25, -0.2) is 4.98 Å². The number of anilines is 2. The average Bonchev–Trinajstić information content (AvgIpc) is 3.60. The largest absolute Gasteiger partial charge is 0.463 e. The summed E-state index contributed by atoms with van der Waals surface area (Å²) in [4.78, 5) is 31.5. The quantitative estimate of drug-likeness (QED) is 0.283. The van der Waals surface area contributed by atoms with Crippen molar-refractivity contribution in [1.29, 1.82) is 0 Å². The van der Waals surface area contributed by atoms with Gasteiger partial charge >= 0.3 is 0 Å². The Kier molecular flexibility index (Phi) is 5.66. The molecule has 0 radical (unpaired) electrons. The van der Waals surface area contributed by atoms with E-state index in [1.165, 1.54) is 17.4 Å². The number of piperidine rings is 1. The normalized spacial score (nSPS) is 13.8. The van der Waals surface area contributed by atoms with Crippen molar-refractivity contribution in [1.82, 2.24) is 4.98 Å². The van der Waals surface area contributed by atoms with E-state index in [-0.39, 0.29) is 11.3 Å². The maximum Gasteiger partial charge on any atom is 0.293 e. The topological polar surface area (TPSA) is 115 Å². The number of nitrogens with zero attached hydrogens (tertiary/aromatic N) is 3. The molecule has 1 aliphatic rings. The Balaban J connectivity index is 1.43. The second-order valence-electron chi connectivity index (χ2n) is 7.61. The van der Waals surface area contributed by atoms with E-state index >= 15 is 0 Å². The third kappa shape index (κ3) is 4.24. The summed E-state index contributed by atoms with van der Waals surface area (Å²) in [7, 11) is 0. The number of furan rings is 2. The Morgan fingerprint density at radius 3 is 2.45 bits per heavy atom. The molecule has 168 valence electrons. The Morgan fingerprint density at radius 2 is 1.79 bits per heavy atom. The van der Waals surface area contributed by atoms with Crippen molar-refractivity contribution >= 4 is 33.8 Å². The predicted octanol–water partition coefficient (Wildman–Crippen LogP) is 5.81. The second kappa shape index (κ2) is 8.91. The number of carbonyl (C=O) groups excluding carboxylic acids is 1. The minimum Gasteiger partial charge on any atom is -0.463 e. The fourth-order valence-corrected chi connectivity index (χ4v) is 4.84. The van der Waals surface area contributed by atoms with Crippen LogP contribution in [0.5, 0.6) is 0 Å². The molecule has 1 fully saturated rings. The summed E-state index contributed by atoms with van der Waals surface area (Å²) < 4.78 is 11.0. The van der Waals surface area contributed by atoms with Crippen LogP contribution in [0.2, 0.25) is 0 Å². The number of rotatable bonds is 6. The fraction of sp³-hybridized carbons (Fsp3) is 0.217. The van der Waals surface area contributed by atoms with Crippen LogP contribution in [-0.2, 0) is 0 Å². The lowest BCUT2D eigenvalue weighted by Gasteiger charge is -2.28. The van der Waals surface area contributed by atoms with Crippen molar-refractivity contribution in [3.8, 4) is 22.1 Å². The first-order valence-corrected chi connectivity index (χ1v) is 11.3. The first-order chi connectivity index (χ1) is 16.1. The molecule has 9 nitrogen and oxygen atoms in total. The molecular weight excluding hydrogens is 444 g/mol. The smallest absolute Gasteiger partial charge is 0.293 e. The van der Waals surface area contributed by atoms with Gasteiger partial charge in [0.05, 0.1) is 17.4 Å². The number of nitro benzene ring substituents is 1. The standard InChI is InChI=1S/C23H20N4O5S/c28-22(15-8-9-16(17(14-15)27(29)30)26-10-2-1-3-11-26)25-23-24-20(18-6-4-12-31-18)21(33-23)19-7-5-13-32-19/h4-9,12-14H,1-3,10-11H2,(H,24,25,28). The summed E-state index contributed by atoms with van der Waals surface area (Å²) in [5.74, 6) is 0.662. The highest BCUT2D eigenvalue weighted by Gasteiger charge is 2.24. The van der Waals surface area contributed by atoms with E-state index < -0.39 is 10.8 Å². The van der Waals surface area contributed by atoms with Crippen LogP contribution in [-0.4, -0.2) is 28.9 Å². The zero-order chi connectivity index (χ0) is 22.8. The number of benzene rings is 1. The Hall–Kier alpha value is -3.92. The molecule has 0 aliphatic carbocycles.